The molecule has 1 aliphatic heterocycles. The zero-order valence-electron chi connectivity index (χ0n) is 10.4. The van der Waals surface area contributed by atoms with E-state index in [0.29, 0.717) is 5.92 Å². The lowest BCUT2D eigenvalue weighted by molar-refractivity contribution is 0.0758. The van der Waals surface area contributed by atoms with Gasteiger partial charge in [-0.25, -0.2) is 0 Å². The Hall–Kier alpha value is -0.900. The van der Waals surface area contributed by atoms with E-state index in [1.807, 2.05) is 13.1 Å². The molecular formula is C14H21NO2. The second-order valence-corrected chi connectivity index (χ2v) is 4.52. The van der Waals surface area contributed by atoms with Crippen LogP contribution in [-0.4, -0.2) is 33.5 Å². The first-order valence-electron chi connectivity index (χ1n) is 6.28. The third-order valence-corrected chi connectivity index (χ3v) is 3.21. The molecule has 2 unspecified atom stereocenters. The van der Waals surface area contributed by atoms with Crippen LogP contribution in [0.15, 0.2) is 30.3 Å². The first-order valence-corrected chi connectivity index (χ1v) is 6.28. The van der Waals surface area contributed by atoms with E-state index in [-0.39, 0.29) is 6.04 Å². The predicted molar refractivity (Wildman–Crippen MR) is 68.0 cm³/mol. The van der Waals surface area contributed by atoms with Crippen LogP contribution >= 0.6 is 0 Å². The molecule has 0 bridgehead atoms. The van der Waals surface area contributed by atoms with Crippen LogP contribution in [0.2, 0.25) is 0 Å². The third kappa shape index (κ3) is 3.80. The van der Waals surface area contributed by atoms with Crippen LogP contribution in [0.25, 0.3) is 0 Å². The summed E-state index contributed by atoms with van der Waals surface area (Å²) in [7, 11) is 1.97. The quantitative estimate of drug-likeness (QED) is 0.818. The zero-order valence-corrected chi connectivity index (χ0v) is 10.4. The van der Waals surface area contributed by atoms with E-state index in [0.717, 1.165) is 32.8 Å². The van der Waals surface area contributed by atoms with Gasteiger partial charge >= 0.3 is 0 Å². The van der Waals surface area contributed by atoms with Crippen molar-refractivity contribution in [3.05, 3.63) is 35.9 Å². The SMILES string of the molecule is CNC(COCC1CCOC1)c1ccccc1. The van der Waals surface area contributed by atoms with Gasteiger partial charge in [-0.05, 0) is 19.0 Å². The first-order chi connectivity index (χ1) is 8.40. The van der Waals surface area contributed by atoms with Crippen molar-refractivity contribution in [2.75, 3.05) is 33.5 Å². The molecule has 0 aliphatic carbocycles. The van der Waals surface area contributed by atoms with Crippen LogP contribution in [-0.2, 0) is 9.47 Å². The van der Waals surface area contributed by atoms with Crippen molar-refractivity contribution in [1.29, 1.82) is 0 Å². The van der Waals surface area contributed by atoms with Crippen LogP contribution in [0.1, 0.15) is 18.0 Å². The minimum absolute atomic E-state index is 0.276. The summed E-state index contributed by atoms with van der Waals surface area (Å²) in [5.74, 6) is 0.586. The number of benzene rings is 1. The third-order valence-electron chi connectivity index (χ3n) is 3.21. The molecule has 0 spiro atoms. The van der Waals surface area contributed by atoms with Gasteiger partial charge in [0, 0.05) is 12.5 Å². The highest BCUT2D eigenvalue weighted by Gasteiger charge is 2.16. The molecule has 0 amide bonds. The van der Waals surface area contributed by atoms with Gasteiger partial charge in [0.2, 0.25) is 0 Å². The molecule has 17 heavy (non-hydrogen) atoms. The van der Waals surface area contributed by atoms with Gasteiger partial charge in [0.1, 0.15) is 0 Å². The monoisotopic (exact) mass is 235 g/mol. The van der Waals surface area contributed by atoms with Gasteiger partial charge in [-0.1, -0.05) is 30.3 Å². The largest absolute Gasteiger partial charge is 0.381 e. The second-order valence-electron chi connectivity index (χ2n) is 4.52. The van der Waals surface area contributed by atoms with Crippen molar-refractivity contribution in [2.24, 2.45) is 5.92 Å². The molecule has 1 aromatic carbocycles. The smallest absolute Gasteiger partial charge is 0.0661 e. The Morgan fingerprint density at radius 2 is 2.24 bits per heavy atom. The number of hydrogen-bond donors (Lipinski definition) is 1. The molecule has 1 saturated heterocycles. The fraction of sp³-hybridized carbons (Fsp3) is 0.571. The Balaban J connectivity index is 1.75. The molecular weight excluding hydrogens is 214 g/mol. The molecule has 2 rings (SSSR count). The lowest BCUT2D eigenvalue weighted by Crippen LogP contribution is -2.23. The average molecular weight is 235 g/mol. The van der Waals surface area contributed by atoms with E-state index < -0.39 is 0 Å². The summed E-state index contributed by atoms with van der Waals surface area (Å²) in [6.07, 6.45) is 1.13. The zero-order chi connectivity index (χ0) is 11.9. The molecule has 3 heteroatoms. The van der Waals surface area contributed by atoms with Gasteiger partial charge in [-0.3, -0.25) is 0 Å². The molecule has 94 valence electrons. The molecule has 0 aromatic heterocycles. The van der Waals surface area contributed by atoms with Gasteiger partial charge < -0.3 is 14.8 Å². The Morgan fingerprint density at radius 1 is 1.41 bits per heavy atom. The molecule has 1 heterocycles. The Kier molecular flexibility index (Phi) is 4.98. The van der Waals surface area contributed by atoms with Crippen molar-refractivity contribution in [2.45, 2.75) is 12.5 Å². The second kappa shape index (κ2) is 6.74. The van der Waals surface area contributed by atoms with E-state index in [2.05, 4.69) is 29.6 Å². The van der Waals surface area contributed by atoms with Crippen LogP contribution in [0.3, 0.4) is 0 Å². The van der Waals surface area contributed by atoms with Gasteiger partial charge in [-0.15, -0.1) is 0 Å². The van der Waals surface area contributed by atoms with Crippen LogP contribution in [0.4, 0.5) is 0 Å². The highest BCUT2D eigenvalue weighted by atomic mass is 16.5. The molecule has 1 N–H and O–H groups in total. The van der Waals surface area contributed by atoms with E-state index in [4.69, 9.17) is 9.47 Å². The topological polar surface area (TPSA) is 30.5 Å². The van der Waals surface area contributed by atoms with Crippen LogP contribution in [0.5, 0.6) is 0 Å². The fourth-order valence-corrected chi connectivity index (χ4v) is 2.10. The molecule has 1 aromatic rings. The highest BCUT2D eigenvalue weighted by Crippen LogP contribution is 2.15. The van der Waals surface area contributed by atoms with Gasteiger partial charge in [0.15, 0.2) is 0 Å². The molecule has 0 saturated carbocycles. The minimum Gasteiger partial charge on any atom is -0.381 e. The maximum atomic E-state index is 5.78. The van der Waals surface area contributed by atoms with E-state index in [9.17, 15) is 0 Å². The van der Waals surface area contributed by atoms with Crippen molar-refractivity contribution in [3.8, 4) is 0 Å². The number of hydrogen-bond acceptors (Lipinski definition) is 3. The number of nitrogens with one attached hydrogen (secondary N) is 1. The number of likely N-dealkylation sites (N-methyl/N-ethyl adjacent to an activating group) is 1. The summed E-state index contributed by atoms with van der Waals surface area (Å²) in [5.41, 5.74) is 1.28. The molecule has 3 nitrogen and oxygen atoms in total. The maximum Gasteiger partial charge on any atom is 0.0661 e. The Morgan fingerprint density at radius 3 is 2.88 bits per heavy atom. The highest BCUT2D eigenvalue weighted by molar-refractivity contribution is 5.18. The fourth-order valence-electron chi connectivity index (χ4n) is 2.10. The number of ether oxygens (including phenoxy) is 2. The molecule has 0 radical (unpaired) electrons. The van der Waals surface area contributed by atoms with E-state index >= 15 is 0 Å². The molecule has 2 atom stereocenters. The summed E-state index contributed by atoms with van der Waals surface area (Å²) in [6.45, 7) is 3.28. The van der Waals surface area contributed by atoms with Crippen LogP contribution in [0, 0.1) is 5.92 Å². The minimum atomic E-state index is 0.276. The first kappa shape index (κ1) is 12.6. The Labute approximate surface area is 103 Å². The van der Waals surface area contributed by atoms with Crippen molar-refractivity contribution >= 4 is 0 Å². The van der Waals surface area contributed by atoms with Crippen molar-refractivity contribution in [1.82, 2.24) is 5.32 Å². The summed E-state index contributed by atoms with van der Waals surface area (Å²) < 4.78 is 11.1. The molecule has 1 fully saturated rings. The van der Waals surface area contributed by atoms with E-state index in [1.54, 1.807) is 0 Å². The number of rotatable bonds is 6. The summed E-state index contributed by atoms with van der Waals surface area (Å²) in [5, 5.41) is 3.29. The molecule has 1 aliphatic rings. The Bertz CT molecular complexity index is 309. The van der Waals surface area contributed by atoms with Crippen molar-refractivity contribution in [3.63, 3.8) is 0 Å². The lowest BCUT2D eigenvalue weighted by atomic mass is 10.1. The van der Waals surface area contributed by atoms with Gasteiger partial charge in [0.25, 0.3) is 0 Å². The predicted octanol–water partition coefficient (Wildman–Crippen LogP) is 2.00. The van der Waals surface area contributed by atoms with E-state index in [1.165, 1.54) is 5.56 Å². The summed E-state index contributed by atoms with van der Waals surface area (Å²) in [6, 6.07) is 10.7. The van der Waals surface area contributed by atoms with Gasteiger partial charge in [0.05, 0.1) is 25.9 Å². The summed E-state index contributed by atoms with van der Waals surface area (Å²) in [4.78, 5) is 0. The standard InChI is InChI=1S/C14H21NO2/c1-15-14(13-5-3-2-4-6-13)11-17-10-12-7-8-16-9-12/h2-6,12,14-15H,7-11H2,1H3. The van der Waals surface area contributed by atoms with Crippen molar-refractivity contribution < 1.29 is 9.47 Å². The lowest BCUT2D eigenvalue weighted by Gasteiger charge is -2.18. The maximum absolute atomic E-state index is 5.78. The normalized spacial score (nSPS) is 21.6. The van der Waals surface area contributed by atoms with Gasteiger partial charge in [-0.2, -0.15) is 0 Å². The summed E-state index contributed by atoms with van der Waals surface area (Å²) >= 11 is 0. The average Bonchev–Trinajstić information content (AvgIpc) is 2.89. The van der Waals surface area contributed by atoms with Crippen LogP contribution < -0.4 is 5.32 Å².